The quantitative estimate of drug-likeness (QED) is 0.710. The summed E-state index contributed by atoms with van der Waals surface area (Å²) in [6.07, 6.45) is 0. The van der Waals surface area contributed by atoms with Crippen LogP contribution < -0.4 is 5.32 Å². The third kappa shape index (κ3) is 3.21. The van der Waals surface area contributed by atoms with Crippen molar-refractivity contribution in [3.05, 3.63) is 29.5 Å². The summed E-state index contributed by atoms with van der Waals surface area (Å²) in [6.45, 7) is 7.71. The molecule has 0 amide bonds. The van der Waals surface area contributed by atoms with Crippen LogP contribution in [0.1, 0.15) is 17.3 Å². The standard InChI is InChI=1S/C10H14N2O3/c1-6(10(13)14)4-11-5-9-12-7(2)8(3)15-9/h11H,1,4-5H2,2-3H3,(H,13,14). The Morgan fingerprint density at radius 1 is 1.60 bits per heavy atom. The second-order valence-electron chi connectivity index (χ2n) is 3.26. The van der Waals surface area contributed by atoms with Gasteiger partial charge < -0.3 is 14.8 Å². The Balaban J connectivity index is 2.38. The summed E-state index contributed by atoms with van der Waals surface area (Å²) in [5.41, 5.74) is 0.971. The highest BCUT2D eigenvalue weighted by atomic mass is 16.4. The van der Waals surface area contributed by atoms with E-state index >= 15 is 0 Å². The molecule has 0 aliphatic rings. The van der Waals surface area contributed by atoms with Gasteiger partial charge in [0.25, 0.3) is 0 Å². The van der Waals surface area contributed by atoms with Gasteiger partial charge in [-0.25, -0.2) is 9.78 Å². The van der Waals surface area contributed by atoms with E-state index in [1.54, 1.807) is 0 Å². The van der Waals surface area contributed by atoms with E-state index in [9.17, 15) is 4.79 Å². The Bertz CT molecular complexity index is 363. The number of nitrogens with one attached hydrogen (secondary N) is 1. The summed E-state index contributed by atoms with van der Waals surface area (Å²) < 4.78 is 5.31. The molecule has 2 N–H and O–H groups in total. The molecule has 1 rings (SSSR count). The first kappa shape index (κ1) is 11.5. The molecule has 0 fully saturated rings. The number of carboxylic acid groups (broad SMARTS) is 1. The molecule has 1 heterocycles. The lowest BCUT2D eigenvalue weighted by Crippen LogP contribution is -2.20. The molecule has 0 aliphatic heterocycles. The van der Waals surface area contributed by atoms with Crippen LogP contribution in [0.15, 0.2) is 16.6 Å². The van der Waals surface area contributed by atoms with Gasteiger partial charge in [0.05, 0.1) is 12.2 Å². The molecular formula is C10H14N2O3. The molecule has 0 bridgehead atoms. The molecule has 1 aromatic rings. The molecule has 1 aromatic heterocycles. The number of nitrogens with zero attached hydrogens (tertiary/aromatic N) is 1. The van der Waals surface area contributed by atoms with Crippen molar-refractivity contribution in [1.82, 2.24) is 10.3 Å². The van der Waals surface area contributed by atoms with E-state index in [4.69, 9.17) is 9.52 Å². The van der Waals surface area contributed by atoms with Gasteiger partial charge >= 0.3 is 5.97 Å². The van der Waals surface area contributed by atoms with Crippen LogP contribution in [-0.2, 0) is 11.3 Å². The Kier molecular flexibility index (Phi) is 3.62. The lowest BCUT2D eigenvalue weighted by Gasteiger charge is -2.00. The zero-order valence-corrected chi connectivity index (χ0v) is 8.83. The molecule has 0 spiro atoms. The summed E-state index contributed by atoms with van der Waals surface area (Å²) in [5.74, 6) is 0.342. The topological polar surface area (TPSA) is 75.4 Å². The molecule has 15 heavy (non-hydrogen) atoms. The smallest absolute Gasteiger partial charge is 0.332 e. The van der Waals surface area contributed by atoms with Gasteiger partial charge in [-0.3, -0.25) is 0 Å². The number of aromatic nitrogens is 1. The minimum atomic E-state index is -0.998. The molecule has 5 nitrogen and oxygen atoms in total. The monoisotopic (exact) mass is 210 g/mol. The summed E-state index contributed by atoms with van der Waals surface area (Å²) in [5, 5.41) is 11.4. The molecule has 82 valence electrons. The van der Waals surface area contributed by atoms with Crippen LogP contribution in [0.4, 0.5) is 0 Å². The maximum absolute atomic E-state index is 10.4. The molecular weight excluding hydrogens is 196 g/mol. The van der Waals surface area contributed by atoms with E-state index in [0.717, 1.165) is 11.5 Å². The molecule has 0 saturated heterocycles. The molecule has 0 saturated carbocycles. The van der Waals surface area contributed by atoms with Crippen LogP contribution in [0.2, 0.25) is 0 Å². The van der Waals surface area contributed by atoms with E-state index in [1.165, 1.54) is 0 Å². The fourth-order valence-electron chi connectivity index (χ4n) is 1.01. The lowest BCUT2D eigenvalue weighted by molar-refractivity contribution is -0.132. The van der Waals surface area contributed by atoms with Gasteiger partial charge in [-0.05, 0) is 13.8 Å². The minimum Gasteiger partial charge on any atom is -0.478 e. The van der Waals surface area contributed by atoms with E-state index in [0.29, 0.717) is 12.4 Å². The van der Waals surface area contributed by atoms with E-state index in [1.807, 2.05) is 13.8 Å². The third-order valence-corrected chi connectivity index (χ3v) is 1.99. The van der Waals surface area contributed by atoms with Crippen LogP contribution in [-0.4, -0.2) is 22.6 Å². The van der Waals surface area contributed by atoms with Crippen molar-refractivity contribution in [3.8, 4) is 0 Å². The van der Waals surface area contributed by atoms with Crippen LogP contribution in [0, 0.1) is 13.8 Å². The average Bonchev–Trinajstić information content (AvgIpc) is 2.46. The molecule has 5 heteroatoms. The number of oxazole rings is 1. The van der Waals surface area contributed by atoms with Gasteiger partial charge in [0.1, 0.15) is 5.76 Å². The number of carbonyl (C=O) groups is 1. The minimum absolute atomic E-state index is 0.120. The summed E-state index contributed by atoms with van der Waals surface area (Å²) in [4.78, 5) is 14.6. The van der Waals surface area contributed by atoms with E-state index < -0.39 is 5.97 Å². The Labute approximate surface area is 87.8 Å². The maximum atomic E-state index is 10.4. The van der Waals surface area contributed by atoms with E-state index in [-0.39, 0.29) is 12.1 Å². The number of aryl methyl sites for hydroxylation is 2. The normalized spacial score (nSPS) is 10.3. The van der Waals surface area contributed by atoms with Gasteiger partial charge in [-0.15, -0.1) is 0 Å². The van der Waals surface area contributed by atoms with Crippen molar-refractivity contribution in [1.29, 1.82) is 0 Å². The first-order valence-electron chi connectivity index (χ1n) is 4.55. The summed E-state index contributed by atoms with van der Waals surface area (Å²) in [7, 11) is 0. The molecule has 0 unspecified atom stereocenters. The van der Waals surface area contributed by atoms with Crippen LogP contribution in [0.25, 0.3) is 0 Å². The van der Waals surface area contributed by atoms with Crippen molar-refractivity contribution in [2.24, 2.45) is 0 Å². The van der Waals surface area contributed by atoms with Gasteiger partial charge in [-0.2, -0.15) is 0 Å². The molecule has 0 radical (unpaired) electrons. The zero-order valence-electron chi connectivity index (χ0n) is 8.83. The Morgan fingerprint density at radius 2 is 2.27 bits per heavy atom. The molecule has 0 aliphatic carbocycles. The van der Waals surface area contributed by atoms with Crippen LogP contribution in [0.3, 0.4) is 0 Å². The third-order valence-electron chi connectivity index (χ3n) is 1.99. The van der Waals surface area contributed by atoms with E-state index in [2.05, 4.69) is 16.9 Å². The van der Waals surface area contributed by atoms with Crippen molar-refractivity contribution in [3.63, 3.8) is 0 Å². The Hall–Kier alpha value is -1.62. The summed E-state index contributed by atoms with van der Waals surface area (Å²) in [6, 6.07) is 0. The highest BCUT2D eigenvalue weighted by Crippen LogP contribution is 2.07. The zero-order chi connectivity index (χ0) is 11.4. The maximum Gasteiger partial charge on any atom is 0.332 e. The van der Waals surface area contributed by atoms with Crippen LogP contribution in [0.5, 0.6) is 0 Å². The number of carboxylic acids is 1. The number of hydrogen-bond donors (Lipinski definition) is 2. The number of aliphatic carboxylic acids is 1. The van der Waals surface area contributed by atoms with Crippen molar-refractivity contribution >= 4 is 5.97 Å². The largest absolute Gasteiger partial charge is 0.478 e. The average molecular weight is 210 g/mol. The van der Waals surface area contributed by atoms with Crippen LogP contribution >= 0.6 is 0 Å². The van der Waals surface area contributed by atoms with Gasteiger partial charge in [0.2, 0.25) is 5.89 Å². The van der Waals surface area contributed by atoms with Crippen molar-refractivity contribution < 1.29 is 14.3 Å². The SMILES string of the molecule is C=C(CNCc1nc(C)c(C)o1)C(=O)O. The Morgan fingerprint density at radius 3 is 2.73 bits per heavy atom. The van der Waals surface area contributed by atoms with Gasteiger partial charge in [-0.1, -0.05) is 6.58 Å². The molecule has 0 aromatic carbocycles. The van der Waals surface area contributed by atoms with Gasteiger partial charge in [0, 0.05) is 12.1 Å². The van der Waals surface area contributed by atoms with Crippen molar-refractivity contribution in [2.75, 3.05) is 6.54 Å². The fraction of sp³-hybridized carbons (Fsp3) is 0.400. The number of rotatable bonds is 5. The lowest BCUT2D eigenvalue weighted by atomic mass is 10.3. The highest BCUT2D eigenvalue weighted by molar-refractivity contribution is 5.86. The predicted octanol–water partition coefficient (Wildman–Crippen LogP) is 1.02. The predicted molar refractivity (Wildman–Crippen MR) is 54.5 cm³/mol. The van der Waals surface area contributed by atoms with Crippen molar-refractivity contribution in [2.45, 2.75) is 20.4 Å². The first-order valence-corrected chi connectivity index (χ1v) is 4.55. The second kappa shape index (κ2) is 4.75. The first-order chi connectivity index (χ1) is 7.00. The fourth-order valence-corrected chi connectivity index (χ4v) is 1.01. The van der Waals surface area contributed by atoms with Gasteiger partial charge in [0.15, 0.2) is 0 Å². The summed E-state index contributed by atoms with van der Waals surface area (Å²) >= 11 is 0. The number of hydrogen-bond acceptors (Lipinski definition) is 4. The second-order valence-corrected chi connectivity index (χ2v) is 3.26. The highest BCUT2D eigenvalue weighted by Gasteiger charge is 2.06. The molecule has 0 atom stereocenters.